The van der Waals surface area contributed by atoms with Gasteiger partial charge in [0.2, 0.25) is 23.2 Å². The molecule has 0 radical (unpaired) electrons. The van der Waals surface area contributed by atoms with E-state index in [2.05, 4.69) is 15.2 Å². The number of ether oxygens (including phenoxy) is 3. The Morgan fingerprint density at radius 2 is 1.87 bits per heavy atom. The number of thioether (sulfide) groups is 1. The minimum atomic E-state index is -0.781. The molecule has 2 aromatic carbocycles. The molecule has 0 N–H and O–H groups in total. The van der Waals surface area contributed by atoms with Gasteiger partial charge in [-0.1, -0.05) is 30.0 Å². The molecule has 1 aliphatic rings. The summed E-state index contributed by atoms with van der Waals surface area (Å²) in [5.74, 6) is 1.24. The maximum atomic E-state index is 12.8. The first kappa shape index (κ1) is 20.0. The third-order valence-corrected chi connectivity index (χ3v) is 5.26. The van der Waals surface area contributed by atoms with Crippen LogP contribution in [0.3, 0.4) is 0 Å². The Balaban J connectivity index is 1.95. The molecule has 3 aromatic rings. The van der Waals surface area contributed by atoms with E-state index in [1.807, 2.05) is 36.6 Å². The summed E-state index contributed by atoms with van der Waals surface area (Å²) in [6.07, 6.45) is 1.08. The summed E-state index contributed by atoms with van der Waals surface area (Å²) in [5, 5.41) is 8.96. The van der Waals surface area contributed by atoms with Crippen molar-refractivity contribution in [1.29, 1.82) is 0 Å². The Labute approximate surface area is 178 Å². The number of aromatic nitrogens is 3. The highest BCUT2D eigenvalue weighted by molar-refractivity contribution is 7.98. The highest BCUT2D eigenvalue weighted by Gasteiger charge is 2.34. The fraction of sp³-hybridized carbons (Fsp3) is 0.238. The maximum absolute atomic E-state index is 12.8. The Kier molecular flexibility index (Phi) is 5.45. The van der Waals surface area contributed by atoms with Gasteiger partial charge in [0.25, 0.3) is 0 Å². The van der Waals surface area contributed by atoms with Crippen LogP contribution in [0.25, 0.3) is 11.3 Å². The lowest BCUT2D eigenvalue weighted by Crippen LogP contribution is -2.36. The average Bonchev–Trinajstić information content (AvgIpc) is 2.92. The molecule has 2 heterocycles. The lowest BCUT2D eigenvalue weighted by Gasteiger charge is -2.30. The molecule has 1 aromatic heterocycles. The van der Waals surface area contributed by atoms with Crippen LogP contribution in [0, 0.1) is 0 Å². The molecule has 9 heteroatoms. The molecule has 1 amide bonds. The van der Waals surface area contributed by atoms with E-state index in [-0.39, 0.29) is 5.91 Å². The zero-order valence-electron chi connectivity index (χ0n) is 16.9. The molecule has 0 saturated carbocycles. The summed E-state index contributed by atoms with van der Waals surface area (Å²) in [6.45, 7) is 1.50. The summed E-state index contributed by atoms with van der Waals surface area (Å²) in [4.78, 5) is 18.9. The van der Waals surface area contributed by atoms with Crippen LogP contribution in [0.4, 0.5) is 5.69 Å². The average molecular weight is 424 g/mol. The Hall–Kier alpha value is -3.33. The number of amides is 1. The standard InChI is InChI=1S/C21H20N4O4S/c1-12(26)25-15-8-6-5-7-14(15)18-19(22-21(30-4)24-23-18)29-20(25)13-9-10-16(27-2)17(11-13)28-3/h5-11,20H,1-4H3. The van der Waals surface area contributed by atoms with Gasteiger partial charge >= 0.3 is 0 Å². The van der Waals surface area contributed by atoms with Crippen molar-refractivity contribution in [2.24, 2.45) is 0 Å². The molecular formula is C21H20N4O4S. The van der Waals surface area contributed by atoms with Crippen molar-refractivity contribution in [3.63, 3.8) is 0 Å². The van der Waals surface area contributed by atoms with Crippen LogP contribution in [0.5, 0.6) is 17.4 Å². The smallest absolute Gasteiger partial charge is 0.247 e. The minimum Gasteiger partial charge on any atom is -0.493 e. The van der Waals surface area contributed by atoms with Crippen LogP contribution < -0.4 is 19.1 Å². The number of nitrogens with zero attached hydrogens (tertiary/aromatic N) is 4. The zero-order chi connectivity index (χ0) is 21.3. The molecule has 0 aliphatic carbocycles. The van der Waals surface area contributed by atoms with E-state index in [1.54, 1.807) is 31.3 Å². The van der Waals surface area contributed by atoms with Crippen molar-refractivity contribution in [1.82, 2.24) is 15.2 Å². The molecule has 0 saturated heterocycles. The van der Waals surface area contributed by atoms with Gasteiger partial charge in [-0.05, 0) is 30.5 Å². The minimum absolute atomic E-state index is 0.187. The van der Waals surface area contributed by atoms with Crippen molar-refractivity contribution in [2.75, 3.05) is 25.4 Å². The van der Waals surface area contributed by atoms with Crippen molar-refractivity contribution >= 4 is 23.4 Å². The van der Waals surface area contributed by atoms with E-state index in [0.29, 0.717) is 39.5 Å². The third kappa shape index (κ3) is 3.41. The van der Waals surface area contributed by atoms with E-state index in [0.717, 1.165) is 5.56 Å². The van der Waals surface area contributed by atoms with Gasteiger partial charge in [0.05, 0.1) is 19.9 Å². The van der Waals surface area contributed by atoms with Gasteiger partial charge in [0, 0.05) is 18.1 Å². The SMILES string of the molecule is COc1ccc(C2Oc3nc(SC)nnc3-c3ccccc3N2C(C)=O)cc1OC. The predicted octanol–water partition coefficient (Wildman–Crippen LogP) is 3.72. The fourth-order valence-corrected chi connectivity index (χ4v) is 3.66. The van der Waals surface area contributed by atoms with Crippen LogP contribution in [0.2, 0.25) is 0 Å². The van der Waals surface area contributed by atoms with Gasteiger partial charge in [-0.25, -0.2) is 0 Å². The number of benzene rings is 2. The molecule has 1 aliphatic heterocycles. The second-order valence-corrected chi connectivity index (χ2v) is 7.22. The van der Waals surface area contributed by atoms with Gasteiger partial charge < -0.3 is 14.2 Å². The Bertz CT molecular complexity index is 1110. The first-order valence-corrected chi connectivity index (χ1v) is 10.4. The molecule has 30 heavy (non-hydrogen) atoms. The predicted molar refractivity (Wildman–Crippen MR) is 113 cm³/mol. The summed E-state index contributed by atoms with van der Waals surface area (Å²) in [5.41, 5.74) is 2.57. The zero-order valence-corrected chi connectivity index (χ0v) is 17.8. The molecule has 1 atom stereocenters. The number of rotatable bonds is 4. The van der Waals surface area contributed by atoms with E-state index >= 15 is 0 Å². The molecular weight excluding hydrogens is 404 g/mol. The van der Waals surface area contributed by atoms with Crippen LogP contribution in [-0.2, 0) is 4.79 Å². The monoisotopic (exact) mass is 424 g/mol. The second kappa shape index (κ2) is 8.19. The Morgan fingerprint density at radius 3 is 2.57 bits per heavy atom. The van der Waals surface area contributed by atoms with Crippen LogP contribution in [0.1, 0.15) is 18.7 Å². The highest BCUT2D eigenvalue weighted by Crippen LogP contribution is 2.44. The van der Waals surface area contributed by atoms with E-state index in [9.17, 15) is 4.79 Å². The summed E-state index contributed by atoms with van der Waals surface area (Å²) >= 11 is 1.36. The Morgan fingerprint density at radius 1 is 1.10 bits per heavy atom. The van der Waals surface area contributed by atoms with Gasteiger partial charge in [-0.15, -0.1) is 10.2 Å². The van der Waals surface area contributed by atoms with E-state index in [4.69, 9.17) is 14.2 Å². The number of hydrogen-bond acceptors (Lipinski definition) is 8. The number of para-hydroxylation sites is 1. The number of methoxy groups -OCH3 is 2. The highest BCUT2D eigenvalue weighted by atomic mass is 32.2. The number of carbonyl (C=O) groups excluding carboxylic acids is 1. The van der Waals surface area contributed by atoms with Crippen LogP contribution >= 0.6 is 11.8 Å². The van der Waals surface area contributed by atoms with Gasteiger partial charge in [0.1, 0.15) is 0 Å². The number of carbonyl (C=O) groups is 1. The first-order valence-electron chi connectivity index (χ1n) is 9.13. The van der Waals surface area contributed by atoms with Gasteiger partial charge in [-0.3, -0.25) is 9.69 Å². The van der Waals surface area contributed by atoms with Crippen molar-refractivity contribution in [3.05, 3.63) is 48.0 Å². The molecule has 8 nitrogen and oxygen atoms in total. The second-order valence-electron chi connectivity index (χ2n) is 6.44. The summed E-state index contributed by atoms with van der Waals surface area (Å²) in [6, 6.07) is 12.9. The molecule has 1 unspecified atom stereocenters. The van der Waals surface area contributed by atoms with Gasteiger partial charge in [0.15, 0.2) is 17.2 Å². The molecule has 0 bridgehead atoms. The van der Waals surface area contributed by atoms with Crippen molar-refractivity contribution in [3.8, 4) is 28.6 Å². The lowest BCUT2D eigenvalue weighted by atomic mass is 10.1. The maximum Gasteiger partial charge on any atom is 0.247 e. The molecule has 4 rings (SSSR count). The first-order chi connectivity index (χ1) is 14.6. The van der Waals surface area contributed by atoms with Gasteiger partial charge in [-0.2, -0.15) is 4.98 Å². The molecule has 0 fully saturated rings. The third-order valence-electron chi connectivity index (χ3n) is 4.73. The normalized spacial score (nSPS) is 14.8. The lowest BCUT2D eigenvalue weighted by molar-refractivity contribution is -0.118. The molecule has 154 valence electrons. The van der Waals surface area contributed by atoms with E-state index in [1.165, 1.54) is 18.7 Å². The van der Waals surface area contributed by atoms with Crippen molar-refractivity contribution < 1.29 is 19.0 Å². The summed E-state index contributed by atoms with van der Waals surface area (Å²) < 4.78 is 17.1. The number of fused-ring (bicyclic) bond motifs is 3. The van der Waals surface area contributed by atoms with Crippen molar-refractivity contribution in [2.45, 2.75) is 18.3 Å². The van der Waals surface area contributed by atoms with Crippen LogP contribution in [0.15, 0.2) is 47.6 Å². The number of anilines is 1. The van der Waals surface area contributed by atoms with E-state index < -0.39 is 6.23 Å². The topological polar surface area (TPSA) is 86.7 Å². The number of hydrogen-bond donors (Lipinski definition) is 0. The van der Waals surface area contributed by atoms with Crippen LogP contribution in [-0.4, -0.2) is 41.6 Å². The largest absolute Gasteiger partial charge is 0.493 e. The molecule has 0 spiro atoms. The summed E-state index contributed by atoms with van der Waals surface area (Å²) in [7, 11) is 3.13. The fourth-order valence-electron chi connectivity index (χ4n) is 3.36. The quantitative estimate of drug-likeness (QED) is 0.586.